The van der Waals surface area contributed by atoms with Crippen LogP contribution in [0.1, 0.15) is 108 Å². The van der Waals surface area contributed by atoms with Crippen LogP contribution in [0.3, 0.4) is 0 Å². The molecule has 4 heteroatoms. The maximum atomic E-state index is 4.92. The van der Waals surface area contributed by atoms with Crippen LogP contribution in [-0.2, 0) is 17.1 Å². The average Bonchev–Trinajstić information content (AvgIpc) is 3.23. The number of benzene rings is 2. The third-order valence-electron chi connectivity index (χ3n) is 6.15. The van der Waals surface area contributed by atoms with Gasteiger partial charge in [-0.15, -0.1) is 0 Å². The van der Waals surface area contributed by atoms with Crippen LogP contribution in [0.25, 0.3) is 0 Å². The summed E-state index contributed by atoms with van der Waals surface area (Å²) in [6, 6.07) is 13.0. The molecule has 196 valence electrons. The van der Waals surface area contributed by atoms with Gasteiger partial charge in [-0.25, -0.2) is 0 Å². The first kappa shape index (κ1) is 33.7. The van der Waals surface area contributed by atoms with Gasteiger partial charge in [-0.05, 0) is 45.9 Å². The molecule has 1 aliphatic rings. The minimum absolute atomic E-state index is 0. The summed E-state index contributed by atoms with van der Waals surface area (Å²) < 4.78 is 0. The van der Waals surface area contributed by atoms with Crippen molar-refractivity contribution < 1.29 is 17.1 Å². The molecule has 0 atom stereocenters. The Balaban J connectivity index is 0.00000408. The summed E-state index contributed by atoms with van der Waals surface area (Å²) in [7, 11) is 0. The summed E-state index contributed by atoms with van der Waals surface area (Å²) in [5.74, 6) is 1.71. The third-order valence-corrected chi connectivity index (χ3v) is 6.15. The van der Waals surface area contributed by atoms with Gasteiger partial charge in [0.05, 0.1) is 29.0 Å². The van der Waals surface area contributed by atoms with E-state index in [-0.39, 0.29) is 31.9 Å². The number of nitrogens with zero attached hydrogens (tertiary/aromatic N) is 3. The van der Waals surface area contributed by atoms with Crippen molar-refractivity contribution in [3.8, 4) is 0 Å². The van der Waals surface area contributed by atoms with E-state index in [0.29, 0.717) is 23.7 Å². The predicted octanol–water partition coefficient (Wildman–Crippen LogP) is 9.91. The Labute approximate surface area is 231 Å². The number of allylic oxidation sites excluding steroid dienone is 2. The molecule has 2 aromatic carbocycles. The van der Waals surface area contributed by atoms with E-state index < -0.39 is 0 Å². The average molecular weight is 528 g/mol. The fourth-order valence-corrected chi connectivity index (χ4v) is 4.22. The van der Waals surface area contributed by atoms with E-state index in [9.17, 15) is 0 Å². The van der Waals surface area contributed by atoms with Crippen LogP contribution in [0.5, 0.6) is 0 Å². The molecule has 0 aromatic heterocycles. The van der Waals surface area contributed by atoms with Gasteiger partial charge in [-0.1, -0.05) is 97.9 Å². The molecular weight excluding hydrogens is 482 g/mol. The molecule has 1 aliphatic heterocycles. The third kappa shape index (κ3) is 8.11. The molecule has 1 heterocycles. The van der Waals surface area contributed by atoms with Crippen LogP contribution in [0.2, 0.25) is 0 Å². The Morgan fingerprint density at radius 1 is 0.639 bits per heavy atom. The largest absolute Gasteiger partial charge is 2.00 e. The molecule has 2 aromatic rings. The van der Waals surface area contributed by atoms with Crippen LogP contribution in [-0.4, -0.2) is 18.1 Å². The Morgan fingerprint density at radius 3 is 1.36 bits per heavy atom. The number of hydrogen-bond acceptors (Lipinski definition) is 3. The van der Waals surface area contributed by atoms with E-state index in [1.54, 1.807) is 0 Å². The molecule has 36 heavy (non-hydrogen) atoms. The maximum absolute atomic E-state index is 4.92. The summed E-state index contributed by atoms with van der Waals surface area (Å²) in [5.41, 5.74) is 9.22. The van der Waals surface area contributed by atoms with Crippen LogP contribution < -0.4 is 0 Å². The van der Waals surface area contributed by atoms with Gasteiger partial charge in [0, 0.05) is 12.6 Å². The van der Waals surface area contributed by atoms with Gasteiger partial charge in [0.2, 0.25) is 0 Å². The summed E-state index contributed by atoms with van der Waals surface area (Å²) in [6.45, 7) is 17.8. The molecule has 0 fully saturated rings. The van der Waals surface area contributed by atoms with Crippen molar-refractivity contribution in [2.24, 2.45) is 15.0 Å². The Morgan fingerprint density at radius 2 is 1.00 bits per heavy atom. The molecule has 0 aliphatic carbocycles. The van der Waals surface area contributed by atoms with E-state index in [0.717, 1.165) is 29.2 Å². The quantitative estimate of drug-likeness (QED) is 0.186. The first-order valence-electron chi connectivity index (χ1n) is 12.3. The van der Waals surface area contributed by atoms with Crippen LogP contribution in [0.15, 0.2) is 63.1 Å². The normalized spacial score (nSPS) is 13.3. The van der Waals surface area contributed by atoms with Gasteiger partial charge in [-0.3, -0.25) is 15.0 Å². The second-order valence-electron chi connectivity index (χ2n) is 10.1. The van der Waals surface area contributed by atoms with E-state index in [1.165, 1.54) is 22.3 Å². The van der Waals surface area contributed by atoms with Gasteiger partial charge in [0.25, 0.3) is 0 Å². The van der Waals surface area contributed by atoms with Crippen LogP contribution in [0, 0.1) is 14.9 Å². The standard InChI is InChI=1S/C30H39N3.2CH3.Fe/c1-19(2)25-11-9-12-26(20(3)4)29(25)31-17-23-15-16-24(33-23)18-32-30-27(21(5)6)13-10-14-28(30)22(7)8;;;/h9-15,17-22H,16H2,1-8H3;2*1H3;/q;2*-1;+2. The Bertz CT molecular complexity index is 1050. The minimum atomic E-state index is 0. The molecular formula is C32H45FeN3. The van der Waals surface area contributed by atoms with Crippen molar-refractivity contribution in [1.82, 2.24) is 0 Å². The number of rotatable bonds is 8. The molecule has 0 spiro atoms. The van der Waals surface area contributed by atoms with Crippen molar-refractivity contribution in [3.05, 3.63) is 85.3 Å². The maximum Gasteiger partial charge on any atom is 2.00 e. The van der Waals surface area contributed by atoms with E-state index in [2.05, 4.69) is 97.9 Å². The summed E-state index contributed by atoms with van der Waals surface area (Å²) in [5, 5.41) is 0. The number of para-hydroxylation sites is 2. The predicted molar refractivity (Wildman–Crippen MR) is 159 cm³/mol. The topological polar surface area (TPSA) is 37.1 Å². The summed E-state index contributed by atoms with van der Waals surface area (Å²) in [6.07, 6.45) is 6.77. The zero-order chi connectivity index (χ0) is 24.1. The fraction of sp³-hybridized carbons (Fsp3) is 0.406. The fourth-order valence-electron chi connectivity index (χ4n) is 4.22. The summed E-state index contributed by atoms with van der Waals surface area (Å²) in [4.78, 5) is 14.6. The van der Waals surface area contributed by atoms with Crippen molar-refractivity contribution in [3.63, 3.8) is 0 Å². The molecule has 0 radical (unpaired) electrons. The molecule has 3 rings (SSSR count). The van der Waals surface area contributed by atoms with Crippen molar-refractivity contribution in [2.75, 3.05) is 0 Å². The van der Waals surface area contributed by atoms with Gasteiger partial charge in [0.1, 0.15) is 0 Å². The van der Waals surface area contributed by atoms with Crippen molar-refractivity contribution in [2.45, 2.75) is 85.5 Å². The number of hydrogen-bond donors (Lipinski definition) is 0. The molecule has 0 N–H and O–H groups in total. The van der Waals surface area contributed by atoms with E-state index in [1.807, 2.05) is 12.4 Å². The zero-order valence-corrected chi connectivity index (χ0v) is 25.0. The molecule has 0 amide bonds. The van der Waals surface area contributed by atoms with E-state index >= 15 is 0 Å². The van der Waals surface area contributed by atoms with Crippen LogP contribution >= 0.6 is 0 Å². The Hall–Kier alpha value is -2.29. The smallest absolute Gasteiger partial charge is 0.358 e. The number of aliphatic imine (C=N–C) groups is 3. The summed E-state index contributed by atoms with van der Waals surface area (Å²) >= 11 is 0. The molecule has 0 bridgehead atoms. The van der Waals surface area contributed by atoms with Gasteiger partial charge in [0.15, 0.2) is 0 Å². The molecule has 0 saturated heterocycles. The van der Waals surface area contributed by atoms with Crippen molar-refractivity contribution >= 4 is 29.5 Å². The second kappa shape index (κ2) is 15.1. The zero-order valence-electron chi connectivity index (χ0n) is 23.9. The Kier molecular flexibility index (Phi) is 14.1. The molecule has 0 unspecified atom stereocenters. The molecule has 3 nitrogen and oxygen atoms in total. The van der Waals surface area contributed by atoms with Gasteiger partial charge in [-0.2, -0.15) is 0 Å². The second-order valence-corrected chi connectivity index (χ2v) is 10.1. The van der Waals surface area contributed by atoms with Crippen LogP contribution in [0.4, 0.5) is 11.4 Å². The van der Waals surface area contributed by atoms with Gasteiger partial charge >= 0.3 is 17.1 Å². The minimum Gasteiger partial charge on any atom is -0.358 e. The SMILES string of the molecule is CC(C)c1cccc(C(C)C)c1N=CC1=CCC(C=Nc2c(C(C)C)cccc2C(C)C)=N1.[CH3-].[CH3-].[Fe+2]. The van der Waals surface area contributed by atoms with Crippen molar-refractivity contribution in [1.29, 1.82) is 0 Å². The van der Waals surface area contributed by atoms with Gasteiger partial charge < -0.3 is 14.9 Å². The van der Waals surface area contributed by atoms with E-state index in [4.69, 9.17) is 15.0 Å². The molecule has 0 saturated carbocycles. The first-order valence-corrected chi connectivity index (χ1v) is 12.3. The first-order chi connectivity index (χ1) is 15.7. The monoisotopic (exact) mass is 527 g/mol.